The van der Waals surface area contributed by atoms with Gasteiger partial charge < -0.3 is 4.90 Å². The van der Waals surface area contributed by atoms with Gasteiger partial charge in [-0.2, -0.15) is 4.39 Å². The summed E-state index contributed by atoms with van der Waals surface area (Å²) in [5.41, 5.74) is 0.150. The van der Waals surface area contributed by atoms with Crippen molar-refractivity contribution in [1.29, 1.82) is 0 Å². The summed E-state index contributed by atoms with van der Waals surface area (Å²) >= 11 is 0. The standard InChI is InChI=1S/C18H19F2N5O2/c19-14-9-21-15(20)8-13(14)18(27)24-5-6-25-16(11-24)22-12(7-17(25)26)10-23-3-1-2-4-23/h7-9H,1-6,10-11H2. The monoisotopic (exact) mass is 375 g/mol. The first-order chi connectivity index (χ1) is 13.0. The fraction of sp³-hybridized carbons (Fsp3) is 0.444. The zero-order valence-corrected chi connectivity index (χ0v) is 14.7. The lowest BCUT2D eigenvalue weighted by Gasteiger charge is -2.29. The van der Waals surface area contributed by atoms with E-state index in [0.29, 0.717) is 24.3 Å². The number of aromatic nitrogens is 3. The molecule has 0 saturated carbocycles. The molecule has 1 saturated heterocycles. The number of amides is 1. The highest BCUT2D eigenvalue weighted by Gasteiger charge is 2.26. The van der Waals surface area contributed by atoms with Crippen LogP contribution in [0.5, 0.6) is 0 Å². The van der Waals surface area contributed by atoms with E-state index in [1.54, 1.807) is 0 Å². The van der Waals surface area contributed by atoms with Gasteiger partial charge in [0.2, 0.25) is 5.95 Å². The van der Waals surface area contributed by atoms with Gasteiger partial charge in [0.15, 0.2) is 5.82 Å². The Bertz CT molecular complexity index is 940. The molecule has 1 fully saturated rings. The number of pyridine rings is 1. The molecule has 4 rings (SSSR count). The highest BCUT2D eigenvalue weighted by atomic mass is 19.1. The van der Waals surface area contributed by atoms with E-state index in [1.807, 2.05) is 0 Å². The Kier molecular flexibility index (Phi) is 4.69. The number of carbonyl (C=O) groups is 1. The SMILES string of the molecule is O=C(c1cc(F)ncc1F)N1CCn2c(nc(CN3CCCC3)cc2=O)C1. The van der Waals surface area contributed by atoms with Gasteiger partial charge in [-0.3, -0.25) is 19.1 Å². The highest BCUT2D eigenvalue weighted by Crippen LogP contribution is 2.17. The Labute approximate surface area is 154 Å². The molecule has 0 aliphatic carbocycles. The lowest BCUT2D eigenvalue weighted by molar-refractivity contribution is 0.0697. The first-order valence-electron chi connectivity index (χ1n) is 8.93. The van der Waals surface area contributed by atoms with Crippen LogP contribution in [0, 0.1) is 11.8 Å². The largest absolute Gasteiger partial charge is 0.329 e. The molecule has 0 unspecified atom stereocenters. The van der Waals surface area contributed by atoms with Crippen LogP contribution in [-0.4, -0.2) is 49.9 Å². The summed E-state index contributed by atoms with van der Waals surface area (Å²) in [4.78, 5) is 36.3. The number of carbonyl (C=O) groups excluding carboxylic acids is 1. The Hall–Kier alpha value is -2.68. The topological polar surface area (TPSA) is 71.3 Å². The second-order valence-corrected chi connectivity index (χ2v) is 6.85. The zero-order chi connectivity index (χ0) is 19.0. The Balaban J connectivity index is 1.58. The average Bonchev–Trinajstić information content (AvgIpc) is 3.15. The molecule has 0 bridgehead atoms. The van der Waals surface area contributed by atoms with Crippen LogP contribution >= 0.6 is 0 Å². The number of likely N-dealkylation sites (tertiary alicyclic amines) is 1. The van der Waals surface area contributed by atoms with Crippen LogP contribution in [0.4, 0.5) is 8.78 Å². The molecule has 2 aromatic rings. The van der Waals surface area contributed by atoms with E-state index in [-0.39, 0.29) is 30.8 Å². The van der Waals surface area contributed by atoms with Crippen molar-refractivity contribution in [3.05, 3.63) is 57.5 Å². The molecule has 0 aromatic carbocycles. The van der Waals surface area contributed by atoms with Crippen molar-refractivity contribution in [2.75, 3.05) is 19.6 Å². The van der Waals surface area contributed by atoms with Crippen LogP contribution < -0.4 is 5.56 Å². The van der Waals surface area contributed by atoms with E-state index in [2.05, 4.69) is 14.9 Å². The molecule has 0 radical (unpaired) electrons. The number of nitrogens with zero attached hydrogens (tertiary/aromatic N) is 5. The van der Waals surface area contributed by atoms with Gasteiger partial charge in [0.05, 0.1) is 24.0 Å². The third-order valence-corrected chi connectivity index (χ3v) is 4.99. The molecular weight excluding hydrogens is 356 g/mol. The maximum Gasteiger partial charge on any atom is 0.257 e. The Morgan fingerprint density at radius 1 is 1.11 bits per heavy atom. The number of halogens is 2. The van der Waals surface area contributed by atoms with E-state index in [9.17, 15) is 18.4 Å². The Morgan fingerprint density at radius 3 is 2.67 bits per heavy atom. The van der Waals surface area contributed by atoms with Gasteiger partial charge in [0.25, 0.3) is 11.5 Å². The first kappa shape index (κ1) is 17.7. The molecule has 0 atom stereocenters. The molecule has 2 aromatic heterocycles. The van der Waals surface area contributed by atoms with Crippen molar-refractivity contribution >= 4 is 5.91 Å². The minimum absolute atomic E-state index is 0.0747. The second kappa shape index (κ2) is 7.15. The van der Waals surface area contributed by atoms with Crippen LogP contribution in [0.1, 0.15) is 34.7 Å². The minimum atomic E-state index is -0.917. The molecule has 142 valence electrons. The van der Waals surface area contributed by atoms with Crippen molar-refractivity contribution in [3.8, 4) is 0 Å². The third kappa shape index (κ3) is 3.59. The van der Waals surface area contributed by atoms with Gasteiger partial charge in [0, 0.05) is 31.8 Å². The number of rotatable bonds is 3. The van der Waals surface area contributed by atoms with Crippen LogP contribution in [0.2, 0.25) is 0 Å². The van der Waals surface area contributed by atoms with Gasteiger partial charge >= 0.3 is 0 Å². The minimum Gasteiger partial charge on any atom is -0.329 e. The highest BCUT2D eigenvalue weighted by molar-refractivity contribution is 5.94. The van der Waals surface area contributed by atoms with Crippen molar-refractivity contribution in [2.24, 2.45) is 0 Å². The van der Waals surface area contributed by atoms with Crippen LogP contribution in [0.3, 0.4) is 0 Å². The lowest BCUT2D eigenvalue weighted by atomic mass is 10.2. The predicted octanol–water partition coefficient (Wildman–Crippen LogP) is 1.17. The smallest absolute Gasteiger partial charge is 0.257 e. The molecule has 2 aliphatic heterocycles. The molecule has 1 amide bonds. The van der Waals surface area contributed by atoms with E-state index in [1.165, 1.54) is 15.5 Å². The Morgan fingerprint density at radius 2 is 1.89 bits per heavy atom. The van der Waals surface area contributed by atoms with E-state index in [4.69, 9.17) is 0 Å². The summed E-state index contributed by atoms with van der Waals surface area (Å²) < 4.78 is 28.7. The molecule has 4 heterocycles. The van der Waals surface area contributed by atoms with E-state index >= 15 is 0 Å². The lowest BCUT2D eigenvalue weighted by Crippen LogP contribution is -2.43. The molecule has 0 spiro atoms. The summed E-state index contributed by atoms with van der Waals surface area (Å²) in [6, 6.07) is 2.33. The van der Waals surface area contributed by atoms with Gasteiger partial charge in [-0.25, -0.2) is 14.4 Å². The summed E-state index contributed by atoms with van der Waals surface area (Å²) in [5, 5.41) is 0. The van der Waals surface area contributed by atoms with Gasteiger partial charge in [0.1, 0.15) is 5.82 Å². The van der Waals surface area contributed by atoms with Crippen LogP contribution in [-0.2, 0) is 19.6 Å². The zero-order valence-electron chi connectivity index (χ0n) is 14.7. The van der Waals surface area contributed by atoms with Crippen molar-refractivity contribution in [3.63, 3.8) is 0 Å². The fourth-order valence-electron chi connectivity index (χ4n) is 3.61. The molecule has 27 heavy (non-hydrogen) atoms. The summed E-state index contributed by atoms with van der Waals surface area (Å²) in [6.45, 7) is 3.13. The maximum atomic E-state index is 13.9. The molecule has 0 N–H and O–H groups in total. The average molecular weight is 375 g/mol. The van der Waals surface area contributed by atoms with Gasteiger partial charge in [-0.05, 0) is 25.9 Å². The van der Waals surface area contributed by atoms with Gasteiger partial charge in [-0.1, -0.05) is 0 Å². The molecule has 7 nitrogen and oxygen atoms in total. The second-order valence-electron chi connectivity index (χ2n) is 6.85. The number of hydrogen-bond donors (Lipinski definition) is 0. The normalized spacial score (nSPS) is 17.2. The fourth-order valence-corrected chi connectivity index (χ4v) is 3.61. The van der Waals surface area contributed by atoms with E-state index in [0.717, 1.165) is 32.0 Å². The molecule has 2 aliphatic rings. The number of fused-ring (bicyclic) bond motifs is 1. The van der Waals surface area contributed by atoms with Crippen LogP contribution in [0.15, 0.2) is 23.1 Å². The third-order valence-electron chi connectivity index (χ3n) is 4.99. The van der Waals surface area contributed by atoms with Crippen molar-refractivity contribution < 1.29 is 13.6 Å². The maximum absolute atomic E-state index is 13.9. The number of hydrogen-bond acceptors (Lipinski definition) is 5. The molecule has 9 heteroatoms. The van der Waals surface area contributed by atoms with Gasteiger partial charge in [-0.15, -0.1) is 0 Å². The summed E-state index contributed by atoms with van der Waals surface area (Å²) in [6.07, 6.45) is 2.97. The van der Waals surface area contributed by atoms with Crippen molar-refractivity contribution in [1.82, 2.24) is 24.3 Å². The molecular formula is C18H19F2N5O2. The van der Waals surface area contributed by atoms with E-state index < -0.39 is 17.7 Å². The quantitative estimate of drug-likeness (QED) is 0.753. The summed E-state index contributed by atoms with van der Waals surface area (Å²) in [7, 11) is 0. The van der Waals surface area contributed by atoms with Crippen molar-refractivity contribution in [2.45, 2.75) is 32.5 Å². The first-order valence-corrected chi connectivity index (χ1v) is 8.93. The van der Waals surface area contributed by atoms with Crippen LogP contribution in [0.25, 0.3) is 0 Å². The summed E-state index contributed by atoms with van der Waals surface area (Å²) in [5.74, 6) is -1.97. The predicted molar refractivity (Wildman–Crippen MR) is 91.9 cm³/mol.